The molecule has 2 N–H and O–H groups in total. The van der Waals surface area contributed by atoms with Gasteiger partial charge in [0.05, 0.1) is 17.2 Å². The van der Waals surface area contributed by atoms with E-state index in [0.717, 1.165) is 38.5 Å². The summed E-state index contributed by atoms with van der Waals surface area (Å²) >= 11 is 0. The van der Waals surface area contributed by atoms with Crippen molar-refractivity contribution in [3.63, 3.8) is 0 Å². The van der Waals surface area contributed by atoms with Crippen molar-refractivity contribution >= 4 is 11.7 Å². The smallest absolute Gasteiger partial charge is 0.250 e. The molecule has 122 valence electrons. The molecule has 0 aliphatic carbocycles. The van der Waals surface area contributed by atoms with E-state index < -0.39 is 5.91 Å². The maximum atomic E-state index is 11.1. The Kier molecular flexibility index (Phi) is 4.73. The van der Waals surface area contributed by atoms with Crippen molar-refractivity contribution < 1.29 is 4.79 Å². The lowest BCUT2D eigenvalue weighted by Gasteiger charge is -2.35. The zero-order valence-electron chi connectivity index (χ0n) is 13.4. The van der Waals surface area contributed by atoms with Crippen LogP contribution in [0.4, 0.5) is 5.82 Å². The van der Waals surface area contributed by atoms with Gasteiger partial charge in [0.25, 0.3) is 0 Å². The topological polar surface area (TPSA) is 86.3 Å². The predicted molar refractivity (Wildman–Crippen MR) is 91.4 cm³/mol. The van der Waals surface area contributed by atoms with Gasteiger partial charge in [0, 0.05) is 38.9 Å². The van der Waals surface area contributed by atoms with Crippen molar-refractivity contribution in [2.75, 3.05) is 31.1 Å². The zero-order chi connectivity index (χ0) is 16.9. The van der Waals surface area contributed by atoms with Crippen LogP contribution in [0.15, 0.2) is 42.6 Å². The van der Waals surface area contributed by atoms with Gasteiger partial charge >= 0.3 is 0 Å². The van der Waals surface area contributed by atoms with Gasteiger partial charge in [0.1, 0.15) is 5.82 Å². The van der Waals surface area contributed by atoms with E-state index in [1.165, 1.54) is 11.8 Å². The maximum absolute atomic E-state index is 11.1. The first-order valence-corrected chi connectivity index (χ1v) is 7.88. The summed E-state index contributed by atoms with van der Waals surface area (Å²) in [6.45, 7) is 4.55. The number of carbonyl (C=O) groups excluding carboxylic acids is 1. The number of nitrogens with zero attached hydrogens (tertiary/aromatic N) is 4. The summed E-state index contributed by atoms with van der Waals surface area (Å²) in [4.78, 5) is 20.0. The number of pyridine rings is 1. The van der Waals surface area contributed by atoms with E-state index in [-0.39, 0.29) is 0 Å². The molecule has 1 amide bonds. The van der Waals surface area contributed by atoms with Gasteiger partial charge < -0.3 is 10.6 Å². The molecule has 2 aromatic rings. The molecule has 0 saturated carbocycles. The molecular formula is C18H19N5O. The molecule has 1 aromatic heterocycles. The molecule has 1 saturated heterocycles. The second-order valence-corrected chi connectivity index (χ2v) is 5.84. The Morgan fingerprint density at radius 3 is 2.38 bits per heavy atom. The lowest BCUT2D eigenvalue weighted by atomic mass is 10.1. The Balaban J connectivity index is 1.55. The predicted octanol–water partition coefficient (Wildman–Crippen LogP) is 1.37. The molecule has 1 aliphatic heterocycles. The lowest BCUT2D eigenvalue weighted by molar-refractivity contribution is 0.1000. The van der Waals surface area contributed by atoms with E-state index in [1.54, 1.807) is 6.07 Å². The van der Waals surface area contributed by atoms with Crippen LogP contribution >= 0.6 is 0 Å². The molecule has 6 heteroatoms. The fraction of sp³-hybridized carbons (Fsp3) is 0.278. The van der Waals surface area contributed by atoms with Gasteiger partial charge in [-0.25, -0.2) is 4.98 Å². The van der Waals surface area contributed by atoms with Crippen LogP contribution in [-0.2, 0) is 6.54 Å². The molecule has 0 unspecified atom stereocenters. The Morgan fingerprint density at radius 2 is 1.83 bits per heavy atom. The van der Waals surface area contributed by atoms with Crippen LogP contribution < -0.4 is 10.6 Å². The summed E-state index contributed by atoms with van der Waals surface area (Å²) in [5.41, 5.74) is 7.57. The number of rotatable bonds is 4. The molecule has 6 nitrogen and oxygen atoms in total. The average Bonchev–Trinajstić information content (AvgIpc) is 2.63. The van der Waals surface area contributed by atoms with Crippen molar-refractivity contribution in [3.8, 4) is 6.07 Å². The summed E-state index contributed by atoms with van der Waals surface area (Å²) in [5.74, 6) is 0.416. The quantitative estimate of drug-likeness (QED) is 0.919. The Labute approximate surface area is 141 Å². The summed E-state index contributed by atoms with van der Waals surface area (Å²) in [7, 11) is 0. The third-order valence-corrected chi connectivity index (χ3v) is 4.22. The second-order valence-electron chi connectivity index (χ2n) is 5.84. The van der Waals surface area contributed by atoms with Crippen LogP contribution in [0.2, 0.25) is 0 Å². The number of piperazine rings is 1. The van der Waals surface area contributed by atoms with Crippen molar-refractivity contribution in [1.29, 1.82) is 5.26 Å². The number of anilines is 1. The zero-order valence-corrected chi connectivity index (χ0v) is 13.4. The third kappa shape index (κ3) is 3.70. The molecule has 0 radical (unpaired) electrons. The van der Waals surface area contributed by atoms with E-state index in [9.17, 15) is 4.79 Å². The van der Waals surface area contributed by atoms with Crippen LogP contribution in [0.25, 0.3) is 0 Å². The molecule has 24 heavy (non-hydrogen) atoms. The molecule has 3 rings (SSSR count). The third-order valence-electron chi connectivity index (χ3n) is 4.22. The number of carbonyl (C=O) groups is 1. The normalized spacial score (nSPS) is 15.0. The van der Waals surface area contributed by atoms with Crippen molar-refractivity contribution in [3.05, 3.63) is 59.3 Å². The number of nitriles is 1. The fourth-order valence-electron chi connectivity index (χ4n) is 2.80. The van der Waals surface area contributed by atoms with Crippen LogP contribution in [0.5, 0.6) is 0 Å². The molecular weight excluding hydrogens is 302 g/mol. The van der Waals surface area contributed by atoms with Crippen LogP contribution in [0, 0.1) is 11.3 Å². The van der Waals surface area contributed by atoms with Crippen LogP contribution in [0.3, 0.4) is 0 Å². The van der Waals surface area contributed by atoms with Gasteiger partial charge in [-0.3, -0.25) is 9.69 Å². The molecule has 1 aromatic carbocycles. The van der Waals surface area contributed by atoms with Gasteiger partial charge in [-0.1, -0.05) is 12.1 Å². The second kappa shape index (κ2) is 7.11. The van der Waals surface area contributed by atoms with Gasteiger partial charge in [-0.15, -0.1) is 0 Å². The highest BCUT2D eigenvalue weighted by Gasteiger charge is 2.18. The highest BCUT2D eigenvalue weighted by Crippen LogP contribution is 2.15. The average molecular weight is 321 g/mol. The maximum Gasteiger partial charge on any atom is 0.250 e. The minimum Gasteiger partial charge on any atom is -0.366 e. The molecule has 0 spiro atoms. The van der Waals surface area contributed by atoms with E-state index in [2.05, 4.69) is 20.9 Å². The van der Waals surface area contributed by atoms with Crippen LogP contribution in [0.1, 0.15) is 21.5 Å². The van der Waals surface area contributed by atoms with Gasteiger partial charge in [-0.05, 0) is 29.8 Å². The lowest BCUT2D eigenvalue weighted by Crippen LogP contribution is -2.46. The Morgan fingerprint density at radius 1 is 1.12 bits per heavy atom. The van der Waals surface area contributed by atoms with E-state index in [4.69, 9.17) is 11.0 Å². The molecule has 0 bridgehead atoms. The highest BCUT2D eigenvalue weighted by atomic mass is 16.1. The Hall–Kier alpha value is -2.91. The van der Waals surface area contributed by atoms with Gasteiger partial charge in [-0.2, -0.15) is 5.26 Å². The van der Waals surface area contributed by atoms with Crippen LogP contribution in [-0.4, -0.2) is 42.0 Å². The molecule has 1 aliphatic rings. The number of aromatic nitrogens is 1. The van der Waals surface area contributed by atoms with Gasteiger partial charge in [0.15, 0.2) is 0 Å². The summed E-state index contributed by atoms with van der Waals surface area (Å²) in [5, 5.41) is 8.84. The van der Waals surface area contributed by atoms with Crippen molar-refractivity contribution in [1.82, 2.24) is 9.88 Å². The highest BCUT2D eigenvalue weighted by molar-refractivity contribution is 5.92. The summed E-state index contributed by atoms with van der Waals surface area (Å²) in [6, 6.07) is 13.4. The van der Waals surface area contributed by atoms with E-state index >= 15 is 0 Å². The number of amides is 1. The molecule has 1 fully saturated rings. The first-order valence-electron chi connectivity index (χ1n) is 7.88. The molecule has 2 heterocycles. The largest absolute Gasteiger partial charge is 0.366 e. The SMILES string of the molecule is N#Cc1ccc(CN2CCN(c3ccc(C(N)=O)cn3)CC2)cc1. The van der Waals surface area contributed by atoms with Crippen molar-refractivity contribution in [2.24, 2.45) is 5.73 Å². The number of hydrogen-bond acceptors (Lipinski definition) is 5. The minimum atomic E-state index is -0.457. The van der Waals surface area contributed by atoms with E-state index in [1.807, 2.05) is 30.3 Å². The summed E-state index contributed by atoms with van der Waals surface area (Å²) < 4.78 is 0. The fourth-order valence-corrected chi connectivity index (χ4v) is 2.80. The monoisotopic (exact) mass is 321 g/mol. The van der Waals surface area contributed by atoms with Gasteiger partial charge in [0.2, 0.25) is 5.91 Å². The number of benzene rings is 1. The first-order chi connectivity index (χ1) is 11.7. The first kappa shape index (κ1) is 16.0. The van der Waals surface area contributed by atoms with E-state index in [0.29, 0.717) is 11.1 Å². The standard InChI is InChI=1S/C18H19N5O/c19-11-14-1-3-15(4-2-14)13-22-7-9-23(10-8-22)17-6-5-16(12-21-17)18(20)24/h1-6,12H,7-10,13H2,(H2,20,24). The number of hydrogen-bond donors (Lipinski definition) is 1. The Bertz CT molecular complexity index is 740. The minimum absolute atomic E-state index is 0.429. The summed E-state index contributed by atoms with van der Waals surface area (Å²) in [6.07, 6.45) is 1.53. The molecule has 0 atom stereocenters. The number of primary amides is 1. The number of nitrogens with two attached hydrogens (primary N) is 1. The van der Waals surface area contributed by atoms with Crippen molar-refractivity contribution in [2.45, 2.75) is 6.54 Å².